The fourth-order valence-electron chi connectivity index (χ4n) is 4.14. The first kappa shape index (κ1) is 22.1. The average Bonchev–Trinajstić information content (AvgIpc) is 3.58. The van der Waals surface area contributed by atoms with Crippen LogP contribution in [0.2, 0.25) is 0 Å². The maximum absolute atomic E-state index is 13.3. The molecule has 1 aliphatic rings. The van der Waals surface area contributed by atoms with Gasteiger partial charge in [0.05, 0.1) is 11.3 Å². The van der Waals surface area contributed by atoms with Gasteiger partial charge in [0.15, 0.2) is 11.5 Å². The minimum Gasteiger partial charge on any atom is -0.454 e. The van der Waals surface area contributed by atoms with Crippen LogP contribution in [-0.2, 0) is 0 Å². The van der Waals surface area contributed by atoms with Gasteiger partial charge in [-0.2, -0.15) is 10.4 Å². The molecule has 0 radical (unpaired) electrons. The lowest BCUT2D eigenvalue weighted by Crippen LogP contribution is -2.05. The van der Waals surface area contributed by atoms with Crippen molar-refractivity contribution in [1.29, 1.82) is 5.26 Å². The number of aromatic nitrogens is 2. The van der Waals surface area contributed by atoms with Crippen LogP contribution in [0.1, 0.15) is 15.9 Å². The van der Waals surface area contributed by atoms with Crippen LogP contribution in [0.4, 0.5) is 0 Å². The molecule has 6 rings (SSSR count). The van der Waals surface area contributed by atoms with Crippen molar-refractivity contribution in [2.24, 2.45) is 0 Å². The molecule has 1 aliphatic heterocycles. The SMILES string of the molecule is N#C/C(=C/c1cn(-c2ccccc2)nc1-c1cc2ccccc2oc1=O)C(=O)c1ccc2c(c1)OCO2. The number of benzene rings is 3. The largest absolute Gasteiger partial charge is 0.454 e. The van der Waals surface area contributed by atoms with E-state index in [0.29, 0.717) is 22.6 Å². The number of nitriles is 1. The van der Waals surface area contributed by atoms with Crippen molar-refractivity contribution in [3.63, 3.8) is 0 Å². The third-order valence-corrected chi connectivity index (χ3v) is 5.96. The van der Waals surface area contributed by atoms with Gasteiger partial charge in [0.2, 0.25) is 12.6 Å². The first-order valence-electron chi connectivity index (χ1n) is 11.4. The lowest BCUT2D eigenvalue weighted by molar-refractivity contribution is 0.103. The first-order chi connectivity index (χ1) is 18.1. The van der Waals surface area contributed by atoms with E-state index >= 15 is 0 Å². The van der Waals surface area contributed by atoms with Crippen molar-refractivity contribution in [2.45, 2.75) is 0 Å². The maximum atomic E-state index is 13.3. The van der Waals surface area contributed by atoms with Crippen LogP contribution in [0.25, 0.3) is 34.0 Å². The van der Waals surface area contributed by atoms with Gasteiger partial charge in [0.1, 0.15) is 22.9 Å². The molecule has 0 spiro atoms. The van der Waals surface area contributed by atoms with E-state index in [9.17, 15) is 14.9 Å². The molecule has 37 heavy (non-hydrogen) atoms. The van der Waals surface area contributed by atoms with Crippen LogP contribution in [0.15, 0.2) is 99.8 Å². The second-order valence-electron chi connectivity index (χ2n) is 8.27. The molecule has 3 aromatic carbocycles. The summed E-state index contributed by atoms with van der Waals surface area (Å²) in [7, 11) is 0. The van der Waals surface area contributed by atoms with E-state index in [1.54, 1.807) is 47.3 Å². The molecule has 0 saturated carbocycles. The Kier molecular flexibility index (Phi) is 5.36. The number of ketones is 1. The Morgan fingerprint density at radius 1 is 0.973 bits per heavy atom. The Labute approximate surface area is 210 Å². The highest BCUT2D eigenvalue weighted by molar-refractivity contribution is 6.14. The van der Waals surface area contributed by atoms with Gasteiger partial charge >= 0.3 is 5.63 Å². The van der Waals surface area contributed by atoms with Gasteiger partial charge in [0.25, 0.3) is 0 Å². The molecule has 5 aromatic rings. The van der Waals surface area contributed by atoms with Crippen LogP contribution >= 0.6 is 0 Å². The number of carbonyl (C=O) groups is 1. The van der Waals surface area contributed by atoms with Crippen molar-refractivity contribution in [2.75, 3.05) is 6.79 Å². The Balaban J connectivity index is 1.50. The number of fused-ring (bicyclic) bond motifs is 2. The molecule has 3 heterocycles. The summed E-state index contributed by atoms with van der Waals surface area (Å²) < 4.78 is 17.8. The number of nitrogens with zero attached hydrogens (tertiary/aromatic N) is 3. The highest BCUT2D eigenvalue weighted by Crippen LogP contribution is 2.33. The van der Waals surface area contributed by atoms with Crippen LogP contribution in [0, 0.1) is 11.3 Å². The normalized spacial score (nSPS) is 12.5. The third-order valence-electron chi connectivity index (χ3n) is 5.96. The number of Topliss-reactive ketones (excluding diaryl/α,β-unsaturated/α-hetero) is 1. The minimum atomic E-state index is -0.577. The van der Waals surface area contributed by atoms with Crippen LogP contribution in [-0.4, -0.2) is 22.4 Å². The number of rotatable bonds is 5. The highest BCUT2D eigenvalue weighted by atomic mass is 16.7. The smallest absolute Gasteiger partial charge is 0.345 e. The van der Waals surface area contributed by atoms with Crippen molar-refractivity contribution in [1.82, 2.24) is 9.78 Å². The molecule has 8 nitrogen and oxygen atoms in total. The third kappa shape index (κ3) is 4.05. The van der Waals surface area contributed by atoms with Gasteiger partial charge in [-0.15, -0.1) is 0 Å². The van der Waals surface area contributed by atoms with E-state index in [1.807, 2.05) is 48.5 Å². The standard InChI is InChI=1S/C29H17N3O5/c30-15-20(28(33)19-10-11-25-26(14-19)36-17-35-25)12-21-16-32(22-7-2-1-3-8-22)31-27(21)23-13-18-6-4-5-9-24(18)37-29(23)34/h1-14,16H,17H2/b20-12-. The summed E-state index contributed by atoms with van der Waals surface area (Å²) in [6, 6.07) is 24.9. The van der Waals surface area contributed by atoms with Crippen molar-refractivity contribution < 1.29 is 18.7 Å². The number of para-hydroxylation sites is 2. The van der Waals surface area contributed by atoms with Gasteiger partial charge < -0.3 is 13.9 Å². The molecule has 0 aliphatic carbocycles. The Morgan fingerprint density at radius 2 is 1.76 bits per heavy atom. The van der Waals surface area contributed by atoms with Crippen LogP contribution in [0.5, 0.6) is 11.5 Å². The zero-order valence-electron chi connectivity index (χ0n) is 19.3. The molecule has 0 saturated heterocycles. The zero-order chi connectivity index (χ0) is 25.4. The molecule has 0 amide bonds. The van der Waals surface area contributed by atoms with E-state index < -0.39 is 11.4 Å². The van der Waals surface area contributed by atoms with Crippen molar-refractivity contribution >= 4 is 22.8 Å². The van der Waals surface area contributed by atoms with Gasteiger partial charge in [0, 0.05) is 22.7 Å². The predicted octanol–water partition coefficient (Wildman–Crippen LogP) is 5.16. The number of hydrogen-bond donors (Lipinski definition) is 0. The molecule has 8 heteroatoms. The molecule has 0 unspecified atom stereocenters. The molecule has 2 aromatic heterocycles. The fraction of sp³-hybridized carbons (Fsp3) is 0.0345. The predicted molar refractivity (Wildman–Crippen MR) is 136 cm³/mol. The summed E-state index contributed by atoms with van der Waals surface area (Å²) in [5, 5.41) is 15.3. The molecule has 0 fully saturated rings. The molecule has 0 N–H and O–H groups in total. The summed E-state index contributed by atoms with van der Waals surface area (Å²) in [5.41, 5.74) is 1.68. The fourth-order valence-corrected chi connectivity index (χ4v) is 4.14. The van der Waals surface area contributed by atoms with E-state index in [4.69, 9.17) is 13.9 Å². The zero-order valence-corrected chi connectivity index (χ0v) is 19.3. The van der Waals surface area contributed by atoms with E-state index in [-0.39, 0.29) is 29.2 Å². The van der Waals surface area contributed by atoms with Gasteiger partial charge in [-0.1, -0.05) is 36.4 Å². The Hall–Kier alpha value is -5.42. The quantitative estimate of drug-likeness (QED) is 0.146. The summed E-state index contributed by atoms with van der Waals surface area (Å²) in [4.78, 5) is 26.2. The summed E-state index contributed by atoms with van der Waals surface area (Å²) >= 11 is 0. The summed E-state index contributed by atoms with van der Waals surface area (Å²) in [6.45, 7) is 0.0737. The summed E-state index contributed by atoms with van der Waals surface area (Å²) in [6.07, 6.45) is 3.10. The Bertz CT molecular complexity index is 1810. The molecule has 0 atom stereocenters. The number of ether oxygens (including phenoxy) is 2. The molecule has 178 valence electrons. The van der Waals surface area contributed by atoms with Gasteiger partial charge in [-0.05, 0) is 48.5 Å². The molecule has 0 bridgehead atoms. The lowest BCUT2D eigenvalue weighted by Gasteiger charge is -2.03. The maximum Gasteiger partial charge on any atom is 0.345 e. The highest BCUT2D eigenvalue weighted by Gasteiger charge is 2.21. The molecular formula is C29H17N3O5. The monoisotopic (exact) mass is 487 g/mol. The van der Waals surface area contributed by atoms with Crippen LogP contribution in [0.3, 0.4) is 0 Å². The van der Waals surface area contributed by atoms with Crippen LogP contribution < -0.4 is 15.1 Å². The van der Waals surface area contributed by atoms with Gasteiger partial charge in [-0.3, -0.25) is 4.79 Å². The van der Waals surface area contributed by atoms with Crippen molar-refractivity contribution in [3.05, 3.63) is 112 Å². The second-order valence-corrected chi connectivity index (χ2v) is 8.27. The second kappa shape index (κ2) is 8.98. The van der Waals surface area contributed by atoms with Crippen molar-refractivity contribution in [3.8, 4) is 34.5 Å². The first-order valence-corrected chi connectivity index (χ1v) is 11.4. The number of hydrogen-bond acceptors (Lipinski definition) is 7. The molecular weight excluding hydrogens is 470 g/mol. The lowest BCUT2D eigenvalue weighted by atomic mass is 10.0. The van der Waals surface area contributed by atoms with E-state index in [2.05, 4.69) is 5.10 Å². The van der Waals surface area contributed by atoms with Gasteiger partial charge in [-0.25, -0.2) is 9.48 Å². The number of carbonyl (C=O) groups excluding carboxylic acids is 1. The summed E-state index contributed by atoms with van der Waals surface area (Å²) in [5.74, 6) is 0.479. The van der Waals surface area contributed by atoms with E-state index in [0.717, 1.165) is 11.1 Å². The Morgan fingerprint density at radius 3 is 2.59 bits per heavy atom. The average molecular weight is 487 g/mol. The van der Waals surface area contributed by atoms with E-state index in [1.165, 1.54) is 6.08 Å². The number of allylic oxidation sites excluding steroid dienone is 1. The minimum absolute atomic E-state index is 0.0737. The topological polar surface area (TPSA) is 107 Å².